The first-order chi connectivity index (χ1) is 11.7. The van der Waals surface area contributed by atoms with E-state index in [1.807, 2.05) is 57.2 Å². The van der Waals surface area contributed by atoms with Gasteiger partial charge in [-0.25, -0.2) is 13.4 Å². The lowest BCUT2D eigenvalue weighted by Gasteiger charge is -2.32. The van der Waals surface area contributed by atoms with E-state index in [4.69, 9.17) is 0 Å². The molecular weight excluding hydrogens is 465 g/mol. The molecule has 1 fully saturated rings. The van der Waals surface area contributed by atoms with Gasteiger partial charge in [0.2, 0.25) is 10.0 Å². The maximum absolute atomic E-state index is 13.1. The van der Waals surface area contributed by atoms with Gasteiger partial charge in [0.05, 0.1) is 11.4 Å². The maximum atomic E-state index is 13.1. The normalized spacial score (nSPS) is 15.9. The standard InChI is InChI=1S/C17H29N5O2S.HI/c1-19(2)17(20(3)4)18-14-15-8-6-7-9-16(15)25(23,24)22-12-10-21(5)11-13-22;/h6-9H,10-14H2,1-5H3;1H. The topological polar surface area (TPSA) is 59.5 Å². The second-order valence-electron chi connectivity index (χ2n) is 6.72. The predicted molar refractivity (Wildman–Crippen MR) is 117 cm³/mol. The number of hydrogen-bond acceptors (Lipinski definition) is 4. The molecule has 0 radical (unpaired) electrons. The minimum Gasteiger partial charge on any atom is -0.349 e. The zero-order valence-electron chi connectivity index (χ0n) is 16.2. The van der Waals surface area contributed by atoms with Gasteiger partial charge in [0.15, 0.2) is 5.96 Å². The van der Waals surface area contributed by atoms with E-state index in [0.717, 1.165) is 24.6 Å². The molecule has 7 nitrogen and oxygen atoms in total. The summed E-state index contributed by atoms with van der Waals surface area (Å²) >= 11 is 0. The summed E-state index contributed by atoms with van der Waals surface area (Å²) in [6, 6.07) is 7.16. The molecule has 0 aromatic heterocycles. The van der Waals surface area contributed by atoms with Crippen LogP contribution in [-0.2, 0) is 16.6 Å². The van der Waals surface area contributed by atoms with Gasteiger partial charge in [-0.1, -0.05) is 18.2 Å². The van der Waals surface area contributed by atoms with Crippen LogP contribution >= 0.6 is 24.0 Å². The summed E-state index contributed by atoms with van der Waals surface area (Å²) in [6.07, 6.45) is 0. The summed E-state index contributed by atoms with van der Waals surface area (Å²) in [5.41, 5.74) is 0.725. The molecule has 0 saturated carbocycles. The maximum Gasteiger partial charge on any atom is 0.243 e. The van der Waals surface area contributed by atoms with E-state index in [9.17, 15) is 8.42 Å². The molecule has 2 rings (SSSR count). The molecule has 0 amide bonds. The smallest absolute Gasteiger partial charge is 0.243 e. The Labute approximate surface area is 174 Å². The largest absolute Gasteiger partial charge is 0.349 e. The highest BCUT2D eigenvalue weighted by Crippen LogP contribution is 2.22. The summed E-state index contributed by atoms with van der Waals surface area (Å²) in [5, 5.41) is 0. The number of guanidine groups is 1. The monoisotopic (exact) mass is 495 g/mol. The molecule has 0 N–H and O–H groups in total. The summed E-state index contributed by atoms with van der Waals surface area (Å²) in [4.78, 5) is 10.9. The van der Waals surface area contributed by atoms with Crippen LogP contribution in [0.3, 0.4) is 0 Å². The third-order valence-corrected chi connectivity index (χ3v) is 6.24. The molecule has 1 aliphatic heterocycles. The second-order valence-corrected chi connectivity index (χ2v) is 8.63. The zero-order chi connectivity index (χ0) is 18.6. The number of benzene rings is 1. The zero-order valence-corrected chi connectivity index (χ0v) is 19.4. The first kappa shape index (κ1) is 23.1. The van der Waals surface area contributed by atoms with Crippen molar-refractivity contribution in [3.63, 3.8) is 0 Å². The molecule has 1 heterocycles. The van der Waals surface area contributed by atoms with E-state index in [0.29, 0.717) is 24.5 Å². The van der Waals surface area contributed by atoms with Gasteiger partial charge in [-0.2, -0.15) is 4.31 Å². The molecule has 0 aliphatic carbocycles. The quantitative estimate of drug-likeness (QED) is 0.357. The van der Waals surface area contributed by atoms with Crippen LogP contribution in [0, 0.1) is 0 Å². The second kappa shape index (κ2) is 9.86. The number of likely N-dealkylation sites (N-methyl/N-ethyl adjacent to an activating group) is 1. The van der Waals surface area contributed by atoms with Crippen LogP contribution in [0.1, 0.15) is 5.56 Å². The highest BCUT2D eigenvalue weighted by atomic mass is 127. The van der Waals surface area contributed by atoms with E-state index in [2.05, 4.69) is 9.89 Å². The minimum atomic E-state index is -3.49. The molecule has 0 unspecified atom stereocenters. The summed E-state index contributed by atoms with van der Waals surface area (Å²) in [7, 11) is 6.21. The van der Waals surface area contributed by atoms with Crippen LogP contribution in [0.2, 0.25) is 0 Å². The van der Waals surface area contributed by atoms with Gasteiger partial charge in [0, 0.05) is 54.4 Å². The van der Waals surface area contributed by atoms with E-state index >= 15 is 0 Å². The fourth-order valence-electron chi connectivity index (χ4n) is 2.89. The van der Waals surface area contributed by atoms with Crippen LogP contribution in [0.4, 0.5) is 0 Å². The third-order valence-electron chi connectivity index (χ3n) is 4.24. The van der Waals surface area contributed by atoms with Crippen molar-refractivity contribution in [1.82, 2.24) is 19.0 Å². The molecule has 1 saturated heterocycles. The molecule has 0 spiro atoms. The average Bonchev–Trinajstić information content (AvgIpc) is 2.55. The Bertz CT molecular complexity index is 704. The fraction of sp³-hybridized carbons (Fsp3) is 0.588. The van der Waals surface area contributed by atoms with E-state index in [1.165, 1.54) is 0 Å². The number of piperazine rings is 1. The number of sulfonamides is 1. The molecule has 1 aromatic rings. The summed E-state index contributed by atoms with van der Waals surface area (Å²) in [6.45, 7) is 2.89. The number of halogens is 1. The molecule has 9 heteroatoms. The van der Waals surface area contributed by atoms with Crippen molar-refractivity contribution >= 4 is 40.0 Å². The highest BCUT2D eigenvalue weighted by Gasteiger charge is 2.29. The Morgan fingerprint density at radius 3 is 2.12 bits per heavy atom. The van der Waals surface area contributed by atoms with Crippen molar-refractivity contribution in [2.45, 2.75) is 11.4 Å². The number of hydrogen-bond donors (Lipinski definition) is 0. The SMILES string of the molecule is CN1CCN(S(=O)(=O)c2ccccc2CN=C(N(C)C)N(C)C)CC1.I. The number of aliphatic imine (C=N–C) groups is 1. The molecular formula is C17H30IN5O2S. The molecule has 26 heavy (non-hydrogen) atoms. The Balaban J connectivity index is 0.00000338. The number of rotatable bonds is 4. The van der Waals surface area contributed by atoms with E-state index in [-0.39, 0.29) is 24.0 Å². The van der Waals surface area contributed by atoms with Gasteiger partial charge >= 0.3 is 0 Å². The Morgan fingerprint density at radius 1 is 1.04 bits per heavy atom. The van der Waals surface area contributed by atoms with Crippen LogP contribution < -0.4 is 0 Å². The van der Waals surface area contributed by atoms with Crippen molar-refractivity contribution in [3.8, 4) is 0 Å². The van der Waals surface area contributed by atoms with Crippen molar-refractivity contribution in [2.24, 2.45) is 4.99 Å². The fourth-order valence-corrected chi connectivity index (χ4v) is 4.53. The third kappa shape index (κ3) is 5.54. The average molecular weight is 495 g/mol. The van der Waals surface area contributed by atoms with Gasteiger partial charge in [0.1, 0.15) is 0 Å². The van der Waals surface area contributed by atoms with E-state index < -0.39 is 10.0 Å². The van der Waals surface area contributed by atoms with Crippen molar-refractivity contribution in [1.29, 1.82) is 0 Å². The lowest BCUT2D eigenvalue weighted by atomic mass is 10.2. The van der Waals surface area contributed by atoms with Crippen LogP contribution in [0.5, 0.6) is 0 Å². The van der Waals surface area contributed by atoms with Crippen LogP contribution in [0.25, 0.3) is 0 Å². The van der Waals surface area contributed by atoms with Gasteiger partial charge in [-0.15, -0.1) is 24.0 Å². The first-order valence-corrected chi connectivity index (χ1v) is 9.83. The predicted octanol–water partition coefficient (Wildman–Crippen LogP) is 1.22. The van der Waals surface area contributed by atoms with Crippen LogP contribution in [0.15, 0.2) is 34.2 Å². The highest BCUT2D eigenvalue weighted by molar-refractivity contribution is 14.0. The molecule has 148 valence electrons. The van der Waals surface area contributed by atoms with Crippen LogP contribution in [-0.4, -0.2) is 94.8 Å². The molecule has 0 bridgehead atoms. The lowest BCUT2D eigenvalue weighted by Crippen LogP contribution is -2.47. The lowest BCUT2D eigenvalue weighted by molar-refractivity contribution is 0.222. The summed E-state index contributed by atoms with van der Waals surface area (Å²) < 4.78 is 27.7. The Kier molecular flexibility index (Phi) is 8.77. The van der Waals surface area contributed by atoms with Gasteiger partial charge in [0.25, 0.3) is 0 Å². The molecule has 1 aliphatic rings. The Hall–Kier alpha value is -0.910. The molecule has 1 aromatic carbocycles. The minimum absolute atomic E-state index is 0. The van der Waals surface area contributed by atoms with Crippen molar-refractivity contribution in [2.75, 3.05) is 61.4 Å². The Morgan fingerprint density at radius 2 is 1.58 bits per heavy atom. The van der Waals surface area contributed by atoms with Crippen molar-refractivity contribution in [3.05, 3.63) is 29.8 Å². The molecule has 0 atom stereocenters. The van der Waals surface area contributed by atoms with Gasteiger partial charge in [-0.05, 0) is 18.7 Å². The van der Waals surface area contributed by atoms with Crippen molar-refractivity contribution < 1.29 is 8.42 Å². The van der Waals surface area contributed by atoms with Gasteiger partial charge < -0.3 is 14.7 Å². The van der Waals surface area contributed by atoms with Gasteiger partial charge in [-0.3, -0.25) is 0 Å². The number of nitrogens with zero attached hydrogens (tertiary/aromatic N) is 5. The summed E-state index contributed by atoms with van der Waals surface area (Å²) in [5.74, 6) is 0.798. The first-order valence-electron chi connectivity index (χ1n) is 8.39. The van der Waals surface area contributed by atoms with E-state index in [1.54, 1.807) is 16.4 Å².